The molecule has 1 aromatic rings. The topological polar surface area (TPSA) is 20.1 Å². The van der Waals surface area contributed by atoms with E-state index in [1.807, 2.05) is 18.2 Å². The van der Waals surface area contributed by atoms with Gasteiger partial charge in [-0.15, -0.1) is 0 Å². The van der Waals surface area contributed by atoms with E-state index >= 15 is 0 Å². The summed E-state index contributed by atoms with van der Waals surface area (Å²) in [5.41, 5.74) is 5.27. The smallest absolute Gasteiger partial charge is 0.0693 e. The van der Waals surface area contributed by atoms with Gasteiger partial charge in [-0.25, -0.2) is 0 Å². The van der Waals surface area contributed by atoms with Crippen molar-refractivity contribution in [2.45, 2.75) is 19.8 Å². The van der Waals surface area contributed by atoms with Crippen molar-refractivity contribution in [1.82, 2.24) is 0 Å². The van der Waals surface area contributed by atoms with Crippen LogP contribution in [0.4, 0.5) is 0 Å². The molecule has 92 valence electrons. The number of hydrogen-bond acceptors (Lipinski definition) is 1. The molecule has 2 heteroatoms. The Labute approximate surface area is 108 Å². The third-order valence-corrected chi connectivity index (χ3v) is 3.00. The SMILES string of the molecule is CC1=CC=C(Cc2ccc(/C=C/[N+](C)=O)cc2)C1. The lowest BCUT2D eigenvalue weighted by Crippen LogP contribution is -1.89. The molecule has 0 aromatic heterocycles. The molecular weight excluding hydrogens is 222 g/mol. The Kier molecular flexibility index (Phi) is 3.88. The Bertz CT molecular complexity index is 533. The van der Waals surface area contributed by atoms with Crippen LogP contribution in [-0.2, 0) is 6.42 Å². The van der Waals surface area contributed by atoms with E-state index < -0.39 is 0 Å². The summed E-state index contributed by atoms with van der Waals surface area (Å²) in [5.74, 6) is 0. The quantitative estimate of drug-likeness (QED) is 0.731. The van der Waals surface area contributed by atoms with Crippen molar-refractivity contribution >= 4 is 6.08 Å². The molecule has 0 N–H and O–H groups in total. The highest BCUT2D eigenvalue weighted by Gasteiger charge is 2.05. The van der Waals surface area contributed by atoms with Crippen LogP contribution in [0.2, 0.25) is 0 Å². The zero-order chi connectivity index (χ0) is 13.0. The summed E-state index contributed by atoms with van der Waals surface area (Å²) in [6.07, 6.45) is 9.85. The maximum Gasteiger partial charge on any atom is 0.221 e. The van der Waals surface area contributed by atoms with E-state index in [9.17, 15) is 4.91 Å². The van der Waals surface area contributed by atoms with E-state index in [1.165, 1.54) is 30.0 Å². The third-order valence-electron chi connectivity index (χ3n) is 3.00. The highest BCUT2D eigenvalue weighted by molar-refractivity contribution is 5.48. The molecule has 0 radical (unpaired) electrons. The summed E-state index contributed by atoms with van der Waals surface area (Å²) in [6, 6.07) is 8.34. The van der Waals surface area contributed by atoms with Crippen LogP contribution in [0, 0.1) is 4.91 Å². The van der Waals surface area contributed by atoms with Crippen molar-refractivity contribution in [1.29, 1.82) is 0 Å². The van der Waals surface area contributed by atoms with Gasteiger partial charge in [-0.2, -0.15) is 0 Å². The lowest BCUT2D eigenvalue weighted by Gasteiger charge is -2.03. The molecule has 2 nitrogen and oxygen atoms in total. The second kappa shape index (κ2) is 5.58. The zero-order valence-corrected chi connectivity index (χ0v) is 10.9. The second-order valence-corrected chi connectivity index (χ2v) is 4.79. The van der Waals surface area contributed by atoms with Gasteiger partial charge in [0.2, 0.25) is 6.20 Å². The number of nitroso groups, excluding NO2 is 1. The highest BCUT2D eigenvalue weighted by Crippen LogP contribution is 2.22. The molecule has 0 aliphatic heterocycles. The van der Waals surface area contributed by atoms with Crippen molar-refractivity contribution < 1.29 is 4.76 Å². The zero-order valence-electron chi connectivity index (χ0n) is 10.9. The molecule has 1 aromatic carbocycles. The van der Waals surface area contributed by atoms with E-state index in [4.69, 9.17) is 0 Å². The van der Waals surface area contributed by atoms with E-state index in [0.29, 0.717) is 0 Å². The number of nitrogens with zero attached hydrogens (tertiary/aromatic N) is 1. The Hall–Kier alpha value is -1.96. The van der Waals surface area contributed by atoms with Gasteiger partial charge in [-0.3, -0.25) is 0 Å². The Balaban J connectivity index is 1.98. The molecule has 0 atom stereocenters. The van der Waals surface area contributed by atoms with Crippen molar-refractivity contribution in [3.63, 3.8) is 0 Å². The Morgan fingerprint density at radius 2 is 1.94 bits per heavy atom. The van der Waals surface area contributed by atoms with Gasteiger partial charge < -0.3 is 0 Å². The normalized spacial score (nSPS) is 14.8. The summed E-state index contributed by atoms with van der Waals surface area (Å²) < 4.78 is 0.797. The fourth-order valence-electron chi connectivity index (χ4n) is 2.06. The molecule has 0 unspecified atom stereocenters. The number of allylic oxidation sites excluding steroid dienone is 4. The van der Waals surface area contributed by atoms with Gasteiger partial charge in [0.05, 0.1) is 0 Å². The molecule has 0 bridgehead atoms. The van der Waals surface area contributed by atoms with Gasteiger partial charge in [0, 0.05) is 15.7 Å². The van der Waals surface area contributed by atoms with Gasteiger partial charge >= 0.3 is 0 Å². The fourth-order valence-corrected chi connectivity index (χ4v) is 2.06. The van der Waals surface area contributed by atoms with Crippen LogP contribution in [-0.4, -0.2) is 11.8 Å². The average Bonchev–Trinajstić information content (AvgIpc) is 2.74. The standard InChI is InChI=1S/C16H18NO/c1-13-3-4-16(11-13)12-15-7-5-14(6-8-15)9-10-17(2)18/h3-10H,11-12H2,1-2H3/q+1/b10-9+. The van der Waals surface area contributed by atoms with Gasteiger partial charge in [-0.1, -0.05) is 47.6 Å². The summed E-state index contributed by atoms with van der Waals surface area (Å²) >= 11 is 0. The summed E-state index contributed by atoms with van der Waals surface area (Å²) in [4.78, 5) is 10.8. The molecule has 2 rings (SSSR count). The van der Waals surface area contributed by atoms with Crippen LogP contribution in [0.1, 0.15) is 24.5 Å². The van der Waals surface area contributed by atoms with Crippen LogP contribution in [0.15, 0.2) is 53.8 Å². The van der Waals surface area contributed by atoms with Crippen LogP contribution < -0.4 is 0 Å². The maximum absolute atomic E-state index is 10.8. The minimum Gasteiger partial charge on any atom is -0.0693 e. The second-order valence-electron chi connectivity index (χ2n) is 4.79. The minimum absolute atomic E-state index is 0.797. The first-order chi connectivity index (χ1) is 8.63. The molecule has 0 fully saturated rings. The van der Waals surface area contributed by atoms with E-state index in [-0.39, 0.29) is 0 Å². The molecule has 1 aliphatic rings. The van der Waals surface area contributed by atoms with Gasteiger partial charge in [0.25, 0.3) is 0 Å². The molecule has 0 saturated heterocycles. The molecule has 18 heavy (non-hydrogen) atoms. The van der Waals surface area contributed by atoms with Gasteiger partial charge in [0.1, 0.15) is 0 Å². The van der Waals surface area contributed by atoms with E-state index in [0.717, 1.165) is 23.2 Å². The molecule has 0 spiro atoms. The van der Waals surface area contributed by atoms with Crippen LogP contribution in [0.5, 0.6) is 0 Å². The van der Waals surface area contributed by atoms with Crippen LogP contribution >= 0.6 is 0 Å². The van der Waals surface area contributed by atoms with Crippen molar-refractivity contribution in [3.05, 3.63) is 69.8 Å². The Morgan fingerprint density at radius 3 is 2.50 bits per heavy atom. The van der Waals surface area contributed by atoms with E-state index in [1.54, 1.807) is 0 Å². The van der Waals surface area contributed by atoms with Gasteiger partial charge in [0.15, 0.2) is 7.05 Å². The summed E-state index contributed by atoms with van der Waals surface area (Å²) in [7, 11) is 1.48. The van der Waals surface area contributed by atoms with Crippen LogP contribution in [0.25, 0.3) is 6.08 Å². The largest absolute Gasteiger partial charge is 0.221 e. The predicted octanol–water partition coefficient (Wildman–Crippen LogP) is 3.88. The highest BCUT2D eigenvalue weighted by atomic mass is 16.3. The molecule has 0 heterocycles. The number of benzene rings is 1. The third kappa shape index (κ3) is 3.52. The van der Waals surface area contributed by atoms with Crippen molar-refractivity contribution in [3.8, 4) is 0 Å². The lowest BCUT2D eigenvalue weighted by atomic mass is 10.0. The van der Waals surface area contributed by atoms with Crippen LogP contribution in [0.3, 0.4) is 0 Å². The predicted molar refractivity (Wildman–Crippen MR) is 75.2 cm³/mol. The summed E-state index contributed by atoms with van der Waals surface area (Å²) in [5, 5.41) is 0. The molecule has 0 amide bonds. The van der Waals surface area contributed by atoms with Gasteiger partial charge in [-0.05, 0) is 30.9 Å². The lowest BCUT2D eigenvalue weighted by molar-refractivity contribution is -0.443. The van der Waals surface area contributed by atoms with Crippen molar-refractivity contribution in [2.75, 3.05) is 7.05 Å². The first-order valence-corrected chi connectivity index (χ1v) is 6.16. The average molecular weight is 240 g/mol. The molecular formula is C16H18NO+. The number of hydrogen-bond donors (Lipinski definition) is 0. The Morgan fingerprint density at radius 1 is 1.22 bits per heavy atom. The minimum atomic E-state index is 0.797. The summed E-state index contributed by atoms with van der Waals surface area (Å²) in [6.45, 7) is 2.16. The molecule has 0 saturated carbocycles. The first-order valence-electron chi connectivity index (χ1n) is 6.16. The maximum atomic E-state index is 10.8. The molecule has 1 aliphatic carbocycles. The van der Waals surface area contributed by atoms with E-state index in [2.05, 4.69) is 31.2 Å². The monoisotopic (exact) mass is 240 g/mol. The fraction of sp³-hybridized carbons (Fsp3) is 0.250. The first kappa shape index (κ1) is 12.5. The number of rotatable bonds is 4. The van der Waals surface area contributed by atoms with Crippen molar-refractivity contribution in [2.24, 2.45) is 0 Å².